The number of hydrogen-bond donors (Lipinski definition) is 3. The molecule has 9 heteroatoms. The normalized spacial score (nSPS) is 14.4. The smallest absolute Gasteiger partial charge is 0.459 e. The molecule has 0 saturated carbocycles. The molecule has 0 aliphatic rings. The molecular weight excluding hydrogens is 207 g/mol. The van der Waals surface area contributed by atoms with Gasteiger partial charge in [-0.1, -0.05) is 0 Å². The monoisotopic (exact) mass is 210 g/mol. The summed E-state index contributed by atoms with van der Waals surface area (Å²) in [6.45, 7) is 0. The number of carboxylic acid groups (broad SMARTS) is 1. The Kier molecular flexibility index (Phi) is 2.57. The topological polar surface area (TPSA) is 77.8 Å². The minimum absolute atomic E-state index is 3.09. The summed E-state index contributed by atoms with van der Waals surface area (Å²) in [7, 11) is 0. The standard InChI is InChI=1S/C4H3F5O4/c5-3(6,4(7,8)9)2(12,13)1(10)11/h12-13H,(H,10,11). The Bertz CT molecular complexity index is 219. The number of aliphatic carboxylic acids is 1. The second kappa shape index (κ2) is 2.77. The van der Waals surface area contributed by atoms with Crippen LogP contribution < -0.4 is 0 Å². The Morgan fingerprint density at radius 1 is 1.00 bits per heavy atom. The highest BCUT2D eigenvalue weighted by molar-refractivity contribution is 5.76. The lowest BCUT2D eigenvalue weighted by Gasteiger charge is -2.28. The third kappa shape index (κ3) is 1.70. The summed E-state index contributed by atoms with van der Waals surface area (Å²) in [5.74, 6) is -14.4. The van der Waals surface area contributed by atoms with E-state index < -0.39 is 23.9 Å². The Morgan fingerprint density at radius 2 is 1.31 bits per heavy atom. The lowest BCUT2D eigenvalue weighted by atomic mass is 10.1. The summed E-state index contributed by atoms with van der Waals surface area (Å²) in [4.78, 5) is 9.63. The molecule has 0 aliphatic heterocycles. The van der Waals surface area contributed by atoms with Gasteiger partial charge in [0.15, 0.2) is 0 Å². The van der Waals surface area contributed by atoms with Gasteiger partial charge in [0.25, 0.3) is 0 Å². The van der Waals surface area contributed by atoms with Crippen molar-refractivity contribution < 1.29 is 42.1 Å². The van der Waals surface area contributed by atoms with Gasteiger partial charge in [-0.2, -0.15) is 22.0 Å². The van der Waals surface area contributed by atoms with E-state index in [0.29, 0.717) is 0 Å². The average molecular weight is 210 g/mol. The third-order valence-electron chi connectivity index (χ3n) is 1.09. The Morgan fingerprint density at radius 3 is 1.38 bits per heavy atom. The SMILES string of the molecule is O=C(O)C(O)(O)C(F)(F)C(F)(F)F. The zero-order valence-electron chi connectivity index (χ0n) is 5.64. The summed E-state index contributed by atoms with van der Waals surface area (Å²) in [5, 5.41) is 23.5. The highest BCUT2D eigenvalue weighted by Gasteiger charge is 2.73. The second-order valence-electron chi connectivity index (χ2n) is 2.05. The van der Waals surface area contributed by atoms with Gasteiger partial charge in [0.1, 0.15) is 0 Å². The largest absolute Gasteiger partial charge is 0.477 e. The number of aliphatic hydroxyl groups is 2. The van der Waals surface area contributed by atoms with Crippen LogP contribution in [0.5, 0.6) is 0 Å². The van der Waals surface area contributed by atoms with E-state index in [1.54, 1.807) is 0 Å². The van der Waals surface area contributed by atoms with E-state index in [2.05, 4.69) is 0 Å². The molecule has 13 heavy (non-hydrogen) atoms. The van der Waals surface area contributed by atoms with Gasteiger partial charge < -0.3 is 15.3 Å². The van der Waals surface area contributed by atoms with Gasteiger partial charge >= 0.3 is 23.9 Å². The number of carboxylic acids is 1. The first-order valence-electron chi connectivity index (χ1n) is 2.57. The van der Waals surface area contributed by atoms with Crippen molar-refractivity contribution in [1.29, 1.82) is 0 Å². The fourth-order valence-corrected chi connectivity index (χ4v) is 0.332. The van der Waals surface area contributed by atoms with E-state index in [-0.39, 0.29) is 0 Å². The Balaban J connectivity index is 5.16. The fourth-order valence-electron chi connectivity index (χ4n) is 0.332. The lowest BCUT2D eigenvalue weighted by molar-refractivity contribution is -0.383. The van der Waals surface area contributed by atoms with Crippen LogP contribution >= 0.6 is 0 Å². The molecule has 4 nitrogen and oxygen atoms in total. The van der Waals surface area contributed by atoms with E-state index in [4.69, 9.17) is 15.3 Å². The number of alkyl halides is 5. The molecular formula is C4H3F5O4. The van der Waals surface area contributed by atoms with Crippen LogP contribution in [-0.2, 0) is 4.79 Å². The van der Waals surface area contributed by atoms with Crippen molar-refractivity contribution in [3.63, 3.8) is 0 Å². The van der Waals surface area contributed by atoms with Crippen molar-refractivity contribution in [3.8, 4) is 0 Å². The molecule has 0 aromatic heterocycles. The van der Waals surface area contributed by atoms with Gasteiger partial charge in [0.05, 0.1) is 0 Å². The van der Waals surface area contributed by atoms with Crippen molar-refractivity contribution >= 4 is 5.97 Å². The van der Waals surface area contributed by atoms with Crippen LogP contribution in [-0.4, -0.2) is 39.2 Å². The molecule has 0 fully saturated rings. The lowest BCUT2D eigenvalue weighted by Crippen LogP contribution is -2.61. The number of hydrogen-bond acceptors (Lipinski definition) is 3. The van der Waals surface area contributed by atoms with Crippen LogP contribution in [0.2, 0.25) is 0 Å². The first-order valence-corrected chi connectivity index (χ1v) is 2.57. The van der Waals surface area contributed by atoms with E-state index in [9.17, 15) is 26.7 Å². The molecule has 0 unspecified atom stereocenters. The van der Waals surface area contributed by atoms with Crippen LogP contribution in [0.1, 0.15) is 0 Å². The molecule has 0 bridgehead atoms. The maximum atomic E-state index is 12.0. The van der Waals surface area contributed by atoms with E-state index in [1.807, 2.05) is 0 Å². The second-order valence-corrected chi connectivity index (χ2v) is 2.05. The molecule has 0 aromatic rings. The van der Waals surface area contributed by atoms with E-state index >= 15 is 0 Å². The molecule has 0 heterocycles. The molecule has 0 saturated heterocycles. The average Bonchev–Trinajstić information content (AvgIpc) is 1.84. The van der Waals surface area contributed by atoms with Crippen molar-refractivity contribution in [1.82, 2.24) is 0 Å². The molecule has 78 valence electrons. The van der Waals surface area contributed by atoms with Crippen LogP contribution in [0.4, 0.5) is 22.0 Å². The van der Waals surface area contributed by atoms with Crippen LogP contribution in [0.25, 0.3) is 0 Å². The summed E-state index contributed by atoms with van der Waals surface area (Å²) in [5.41, 5.74) is 0. The molecule has 0 aromatic carbocycles. The first-order chi connectivity index (χ1) is 5.44. The molecule has 0 amide bonds. The van der Waals surface area contributed by atoms with Crippen molar-refractivity contribution in [2.24, 2.45) is 0 Å². The fraction of sp³-hybridized carbons (Fsp3) is 0.750. The predicted octanol–water partition coefficient (Wildman–Crippen LogP) is -0.0505. The number of carbonyl (C=O) groups is 1. The highest BCUT2D eigenvalue weighted by atomic mass is 19.4. The maximum Gasteiger partial charge on any atom is 0.459 e. The predicted molar refractivity (Wildman–Crippen MR) is 25.8 cm³/mol. The molecule has 0 atom stereocenters. The zero-order chi connectivity index (χ0) is 11.1. The van der Waals surface area contributed by atoms with Gasteiger partial charge in [0.2, 0.25) is 0 Å². The minimum Gasteiger partial charge on any atom is -0.477 e. The van der Waals surface area contributed by atoms with Gasteiger partial charge in [-0.15, -0.1) is 0 Å². The Hall–Kier alpha value is -0.960. The van der Waals surface area contributed by atoms with Gasteiger partial charge in [-0.3, -0.25) is 0 Å². The minimum atomic E-state index is -6.35. The van der Waals surface area contributed by atoms with Gasteiger partial charge in [-0.05, 0) is 0 Å². The zero-order valence-corrected chi connectivity index (χ0v) is 5.64. The Labute approximate surface area is 67.2 Å². The summed E-state index contributed by atoms with van der Waals surface area (Å²) in [6.07, 6.45) is -6.35. The molecule has 0 aliphatic carbocycles. The number of halogens is 5. The van der Waals surface area contributed by atoms with Crippen molar-refractivity contribution in [2.75, 3.05) is 0 Å². The molecule has 3 N–H and O–H groups in total. The summed E-state index contributed by atoms with van der Waals surface area (Å²) in [6, 6.07) is 0. The van der Waals surface area contributed by atoms with Gasteiger partial charge in [-0.25, -0.2) is 4.79 Å². The van der Waals surface area contributed by atoms with Crippen molar-refractivity contribution in [2.45, 2.75) is 17.9 Å². The third-order valence-corrected chi connectivity index (χ3v) is 1.09. The van der Waals surface area contributed by atoms with Crippen LogP contribution in [0, 0.1) is 0 Å². The number of rotatable bonds is 2. The quantitative estimate of drug-likeness (QED) is 0.441. The van der Waals surface area contributed by atoms with Crippen LogP contribution in [0.3, 0.4) is 0 Å². The van der Waals surface area contributed by atoms with Crippen LogP contribution in [0.15, 0.2) is 0 Å². The van der Waals surface area contributed by atoms with Crippen molar-refractivity contribution in [3.05, 3.63) is 0 Å². The summed E-state index contributed by atoms with van der Waals surface area (Å²) < 4.78 is 58.0. The molecule has 0 spiro atoms. The first kappa shape index (κ1) is 12.0. The summed E-state index contributed by atoms with van der Waals surface area (Å²) >= 11 is 0. The maximum absolute atomic E-state index is 12.0. The highest BCUT2D eigenvalue weighted by Crippen LogP contribution is 2.42. The molecule has 0 rings (SSSR count). The molecule has 0 radical (unpaired) electrons. The van der Waals surface area contributed by atoms with E-state index in [1.165, 1.54) is 0 Å². The van der Waals surface area contributed by atoms with Gasteiger partial charge in [0, 0.05) is 0 Å². The van der Waals surface area contributed by atoms with E-state index in [0.717, 1.165) is 0 Å².